The van der Waals surface area contributed by atoms with Crippen LogP contribution in [0.1, 0.15) is 17.4 Å². The van der Waals surface area contributed by atoms with Crippen molar-refractivity contribution in [1.29, 1.82) is 0 Å². The zero-order chi connectivity index (χ0) is 14.7. The van der Waals surface area contributed by atoms with Gasteiger partial charge in [0.15, 0.2) is 0 Å². The molecule has 1 atom stereocenters. The van der Waals surface area contributed by atoms with Crippen LogP contribution in [-0.2, 0) is 6.42 Å². The predicted molar refractivity (Wildman–Crippen MR) is 81.1 cm³/mol. The lowest BCUT2D eigenvalue weighted by atomic mass is 10.0. The monoisotopic (exact) mass is 281 g/mol. The van der Waals surface area contributed by atoms with E-state index in [0.717, 1.165) is 22.6 Å². The van der Waals surface area contributed by atoms with E-state index in [4.69, 9.17) is 5.73 Å². The number of nitrogens with zero attached hydrogens (tertiary/aromatic N) is 1. The Balaban J connectivity index is 1.76. The van der Waals surface area contributed by atoms with Crippen molar-refractivity contribution >= 4 is 0 Å². The van der Waals surface area contributed by atoms with E-state index in [-0.39, 0.29) is 11.9 Å². The maximum absolute atomic E-state index is 13.2. The topological polar surface area (TPSA) is 54.7 Å². The summed E-state index contributed by atoms with van der Waals surface area (Å²) >= 11 is 0. The third-order valence-electron chi connectivity index (χ3n) is 3.41. The van der Waals surface area contributed by atoms with Crippen LogP contribution in [0.4, 0.5) is 4.39 Å². The lowest BCUT2D eigenvalue weighted by Gasteiger charge is -2.09. The van der Waals surface area contributed by atoms with Crippen molar-refractivity contribution in [3.05, 3.63) is 78.0 Å². The van der Waals surface area contributed by atoms with Crippen LogP contribution >= 0.6 is 0 Å². The molecule has 1 heterocycles. The first-order valence-electron chi connectivity index (χ1n) is 6.83. The second kappa shape index (κ2) is 5.89. The third-order valence-corrected chi connectivity index (χ3v) is 3.41. The summed E-state index contributed by atoms with van der Waals surface area (Å²) in [6.45, 7) is 0. The van der Waals surface area contributed by atoms with Gasteiger partial charge in [-0.15, -0.1) is 0 Å². The molecule has 0 bridgehead atoms. The van der Waals surface area contributed by atoms with Crippen LogP contribution in [0.3, 0.4) is 0 Å². The van der Waals surface area contributed by atoms with Gasteiger partial charge in [-0.05, 0) is 17.7 Å². The fourth-order valence-corrected chi connectivity index (χ4v) is 2.30. The predicted octanol–water partition coefficient (Wildman–Crippen LogP) is 3.46. The first-order chi connectivity index (χ1) is 10.2. The van der Waals surface area contributed by atoms with Crippen LogP contribution < -0.4 is 5.73 Å². The highest BCUT2D eigenvalue weighted by Crippen LogP contribution is 2.20. The van der Waals surface area contributed by atoms with Gasteiger partial charge in [0, 0.05) is 18.0 Å². The van der Waals surface area contributed by atoms with Crippen LogP contribution in [0, 0.1) is 5.82 Å². The van der Waals surface area contributed by atoms with Crippen molar-refractivity contribution in [3.63, 3.8) is 0 Å². The molecule has 0 saturated heterocycles. The number of hydrogen-bond acceptors (Lipinski definition) is 2. The van der Waals surface area contributed by atoms with E-state index in [9.17, 15) is 4.39 Å². The molecule has 0 aliphatic carbocycles. The molecule has 3 aromatic rings. The summed E-state index contributed by atoms with van der Waals surface area (Å²) < 4.78 is 13.2. The Hall–Kier alpha value is -2.46. The van der Waals surface area contributed by atoms with Crippen LogP contribution in [0.5, 0.6) is 0 Å². The number of halogens is 1. The minimum absolute atomic E-state index is 0.113. The quantitative estimate of drug-likeness (QED) is 0.769. The summed E-state index contributed by atoms with van der Waals surface area (Å²) in [5, 5.41) is 0. The molecule has 106 valence electrons. The third kappa shape index (κ3) is 3.17. The number of rotatable bonds is 4. The first-order valence-corrected chi connectivity index (χ1v) is 6.83. The van der Waals surface area contributed by atoms with E-state index >= 15 is 0 Å². The molecular weight excluding hydrogens is 265 g/mol. The Labute approximate surface area is 122 Å². The maximum atomic E-state index is 13.2. The molecule has 0 aliphatic rings. The second-order valence-electron chi connectivity index (χ2n) is 4.98. The van der Waals surface area contributed by atoms with Gasteiger partial charge in [-0.2, -0.15) is 0 Å². The maximum Gasteiger partial charge on any atom is 0.123 e. The Morgan fingerprint density at radius 1 is 1.10 bits per heavy atom. The first kappa shape index (κ1) is 13.5. The lowest BCUT2D eigenvalue weighted by molar-refractivity contribution is 0.628. The highest BCUT2D eigenvalue weighted by atomic mass is 19.1. The SMILES string of the molecule is NC(Cc1ncc(-c2cccc(F)c2)[nH]1)c1ccccc1. The molecule has 3 nitrogen and oxygen atoms in total. The van der Waals surface area contributed by atoms with Gasteiger partial charge in [0.25, 0.3) is 0 Å². The van der Waals surface area contributed by atoms with Crippen LogP contribution in [0.25, 0.3) is 11.3 Å². The fraction of sp³-hybridized carbons (Fsp3) is 0.118. The Bertz CT molecular complexity index is 722. The summed E-state index contributed by atoms with van der Waals surface area (Å²) in [6, 6.07) is 16.2. The summed E-state index contributed by atoms with van der Waals surface area (Å²) in [4.78, 5) is 7.53. The average Bonchev–Trinajstić information content (AvgIpc) is 2.97. The van der Waals surface area contributed by atoms with Gasteiger partial charge in [-0.25, -0.2) is 9.37 Å². The molecule has 0 spiro atoms. The summed E-state index contributed by atoms with van der Waals surface area (Å²) in [5.41, 5.74) is 8.83. The number of benzene rings is 2. The van der Waals surface area contributed by atoms with E-state index in [2.05, 4.69) is 9.97 Å². The van der Waals surface area contributed by atoms with Gasteiger partial charge in [-0.1, -0.05) is 42.5 Å². The second-order valence-corrected chi connectivity index (χ2v) is 4.98. The van der Waals surface area contributed by atoms with E-state index in [1.165, 1.54) is 12.1 Å². The summed E-state index contributed by atoms with van der Waals surface area (Å²) in [7, 11) is 0. The highest BCUT2D eigenvalue weighted by molar-refractivity contribution is 5.58. The van der Waals surface area contributed by atoms with Crippen LogP contribution in [-0.4, -0.2) is 9.97 Å². The molecule has 0 fully saturated rings. The number of H-pyrrole nitrogens is 1. The van der Waals surface area contributed by atoms with Gasteiger partial charge in [0.2, 0.25) is 0 Å². The standard InChI is InChI=1S/C17H16FN3/c18-14-8-4-7-13(9-14)16-11-20-17(21-16)10-15(19)12-5-2-1-3-6-12/h1-9,11,15H,10,19H2,(H,20,21). The lowest BCUT2D eigenvalue weighted by Crippen LogP contribution is -2.13. The Kier molecular flexibility index (Phi) is 3.79. The molecule has 1 aromatic heterocycles. The number of aromatic amines is 1. The van der Waals surface area contributed by atoms with E-state index < -0.39 is 0 Å². The fourth-order valence-electron chi connectivity index (χ4n) is 2.30. The minimum Gasteiger partial charge on any atom is -0.342 e. The largest absolute Gasteiger partial charge is 0.342 e. The number of nitrogens with two attached hydrogens (primary N) is 1. The van der Waals surface area contributed by atoms with Crippen molar-refractivity contribution in [2.75, 3.05) is 0 Å². The van der Waals surface area contributed by atoms with Crippen molar-refractivity contribution in [1.82, 2.24) is 9.97 Å². The van der Waals surface area contributed by atoms with Gasteiger partial charge in [-0.3, -0.25) is 0 Å². The van der Waals surface area contributed by atoms with Gasteiger partial charge < -0.3 is 10.7 Å². The zero-order valence-corrected chi connectivity index (χ0v) is 11.5. The normalized spacial score (nSPS) is 12.3. The molecule has 3 rings (SSSR count). The van der Waals surface area contributed by atoms with Crippen LogP contribution in [0.15, 0.2) is 60.8 Å². The van der Waals surface area contributed by atoms with E-state index in [1.807, 2.05) is 36.4 Å². The molecular formula is C17H16FN3. The molecule has 0 aliphatic heterocycles. The molecule has 3 N–H and O–H groups in total. The van der Waals surface area contributed by atoms with E-state index in [1.54, 1.807) is 12.3 Å². The number of nitrogens with one attached hydrogen (secondary N) is 1. The average molecular weight is 281 g/mol. The minimum atomic E-state index is -0.260. The molecule has 2 aromatic carbocycles. The van der Waals surface area contributed by atoms with Crippen molar-refractivity contribution < 1.29 is 4.39 Å². The highest BCUT2D eigenvalue weighted by Gasteiger charge is 2.10. The van der Waals surface area contributed by atoms with E-state index in [0.29, 0.717) is 6.42 Å². The van der Waals surface area contributed by atoms with Crippen molar-refractivity contribution in [2.24, 2.45) is 5.73 Å². The van der Waals surface area contributed by atoms with Gasteiger partial charge in [0.1, 0.15) is 11.6 Å². The van der Waals surface area contributed by atoms with Crippen molar-refractivity contribution in [3.8, 4) is 11.3 Å². The van der Waals surface area contributed by atoms with Gasteiger partial charge in [0.05, 0.1) is 11.9 Å². The number of imidazole rings is 1. The van der Waals surface area contributed by atoms with Crippen molar-refractivity contribution in [2.45, 2.75) is 12.5 Å². The summed E-state index contributed by atoms with van der Waals surface area (Å²) in [5.74, 6) is 0.537. The molecule has 0 amide bonds. The smallest absolute Gasteiger partial charge is 0.123 e. The Morgan fingerprint density at radius 2 is 1.90 bits per heavy atom. The molecule has 4 heteroatoms. The number of hydrogen-bond donors (Lipinski definition) is 2. The summed E-state index contributed by atoms with van der Waals surface area (Å²) in [6.07, 6.45) is 2.32. The zero-order valence-electron chi connectivity index (χ0n) is 11.5. The Morgan fingerprint density at radius 3 is 2.67 bits per heavy atom. The molecule has 0 saturated carbocycles. The molecule has 0 radical (unpaired) electrons. The molecule has 21 heavy (non-hydrogen) atoms. The number of aromatic nitrogens is 2. The molecule has 1 unspecified atom stereocenters. The van der Waals surface area contributed by atoms with Crippen LogP contribution in [0.2, 0.25) is 0 Å². The van der Waals surface area contributed by atoms with Gasteiger partial charge >= 0.3 is 0 Å².